The van der Waals surface area contributed by atoms with Gasteiger partial charge in [0.15, 0.2) is 5.96 Å². The lowest BCUT2D eigenvalue weighted by molar-refractivity contribution is 0.169. The number of nitrogens with one attached hydrogen (secondary N) is 1. The molecule has 1 aliphatic rings. The van der Waals surface area contributed by atoms with Crippen molar-refractivity contribution in [3.8, 4) is 0 Å². The molecule has 0 radical (unpaired) electrons. The highest BCUT2D eigenvalue weighted by molar-refractivity contribution is 6.30. The second-order valence-corrected chi connectivity index (χ2v) is 6.89. The third-order valence-corrected chi connectivity index (χ3v) is 4.85. The van der Waals surface area contributed by atoms with Gasteiger partial charge >= 0.3 is 0 Å². The molecular weight excluding hydrogens is 350 g/mol. The third-order valence-electron chi connectivity index (χ3n) is 4.60. The van der Waals surface area contributed by atoms with Gasteiger partial charge in [0.05, 0.1) is 5.69 Å². The molecular formula is C19H26ClN5O. The maximum absolute atomic E-state index is 5.92. The first-order chi connectivity index (χ1) is 12.7. The molecule has 0 aliphatic carbocycles. The zero-order chi connectivity index (χ0) is 18.2. The molecule has 26 heavy (non-hydrogen) atoms. The number of hydrogen-bond donors (Lipinski definition) is 1. The van der Waals surface area contributed by atoms with E-state index < -0.39 is 0 Å². The number of aliphatic imine (C=N–C) groups is 1. The van der Waals surface area contributed by atoms with Crippen LogP contribution in [0.4, 0.5) is 0 Å². The van der Waals surface area contributed by atoms with Crippen molar-refractivity contribution in [3.63, 3.8) is 0 Å². The molecule has 3 rings (SSSR count). The van der Waals surface area contributed by atoms with Crippen molar-refractivity contribution < 1.29 is 4.52 Å². The number of nitrogens with zero attached hydrogens (tertiary/aromatic N) is 4. The Kier molecular flexibility index (Phi) is 6.91. The van der Waals surface area contributed by atoms with E-state index in [1.165, 1.54) is 5.56 Å². The minimum Gasteiger partial charge on any atom is -0.364 e. The van der Waals surface area contributed by atoms with Crippen LogP contribution in [0.25, 0.3) is 0 Å². The third kappa shape index (κ3) is 5.47. The van der Waals surface area contributed by atoms with Crippen LogP contribution in [-0.4, -0.2) is 60.7 Å². The van der Waals surface area contributed by atoms with Crippen LogP contribution in [-0.2, 0) is 13.0 Å². The van der Waals surface area contributed by atoms with E-state index in [1.54, 1.807) is 6.26 Å². The average molecular weight is 376 g/mol. The van der Waals surface area contributed by atoms with Gasteiger partial charge in [-0.2, -0.15) is 0 Å². The Balaban J connectivity index is 1.37. The van der Waals surface area contributed by atoms with Crippen molar-refractivity contribution in [2.45, 2.75) is 19.4 Å². The van der Waals surface area contributed by atoms with Crippen molar-refractivity contribution >= 4 is 17.6 Å². The summed E-state index contributed by atoms with van der Waals surface area (Å²) in [5.74, 6) is 0.988. The Morgan fingerprint density at radius 2 is 1.96 bits per heavy atom. The maximum Gasteiger partial charge on any atom is 0.193 e. The molecule has 6 nitrogen and oxygen atoms in total. The van der Waals surface area contributed by atoms with Gasteiger partial charge in [-0.05, 0) is 30.5 Å². The van der Waals surface area contributed by atoms with Gasteiger partial charge in [0, 0.05) is 57.4 Å². The number of benzene rings is 1. The monoisotopic (exact) mass is 375 g/mol. The molecule has 1 fully saturated rings. The number of aromatic nitrogens is 1. The quantitative estimate of drug-likeness (QED) is 0.478. The fraction of sp³-hybridized carbons (Fsp3) is 0.474. The molecule has 0 atom stereocenters. The van der Waals surface area contributed by atoms with E-state index in [0.717, 1.165) is 68.8 Å². The lowest BCUT2D eigenvalue weighted by Crippen LogP contribution is -2.52. The molecule has 1 aromatic carbocycles. The fourth-order valence-electron chi connectivity index (χ4n) is 3.14. The fourth-order valence-corrected chi connectivity index (χ4v) is 3.27. The highest BCUT2D eigenvalue weighted by Gasteiger charge is 2.20. The SMILES string of the molecule is CN=C(NCCCc1ccc(Cl)cc1)N1CCN(Cc2ccon2)CC1. The molecule has 0 amide bonds. The second-order valence-electron chi connectivity index (χ2n) is 6.46. The number of aryl methyl sites for hydroxylation is 1. The van der Waals surface area contributed by atoms with Crippen LogP contribution in [0.5, 0.6) is 0 Å². The van der Waals surface area contributed by atoms with E-state index in [1.807, 2.05) is 25.2 Å². The van der Waals surface area contributed by atoms with Gasteiger partial charge in [0.1, 0.15) is 6.26 Å². The van der Waals surface area contributed by atoms with Crippen LogP contribution < -0.4 is 5.32 Å². The number of rotatable bonds is 6. The van der Waals surface area contributed by atoms with Crippen LogP contribution in [0.15, 0.2) is 46.1 Å². The first kappa shape index (κ1) is 18.7. The lowest BCUT2D eigenvalue weighted by Gasteiger charge is -2.36. The standard InChI is InChI=1S/C19H26ClN5O/c1-21-19(22-9-2-3-16-4-6-17(20)7-5-16)25-12-10-24(11-13-25)15-18-8-14-26-23-18/h4-8,14H,2-3,9-13,15H2,1H3,(H,21,22). The van der Waals surface area contributed by atoms with Crippen LogP contribution in [0.2, 0.25) is 5.02 Å². The second kappa shape index (κ2) is 9.59. The Hall–Kier alpha value is -2.05. The van der Waals surface area contributed by atoms with Crippen molar-refractivity contribution in [1.29, 1.82) is 0 Å². The Morgan fingerprint density at radius 1 is 1.19 bits per heavy atom. The Bertz CT molecular complexity index is 678. The summed E-state index contributed by atoms with van der Waals surface area (Å²) in [6.07, 6.45) is 3.72. The van der Waals surface area contributed by atoms with E-state index in [0.29, 0.717) is 0 Å². The number of piperazine rings is 1. The largest absolute Gasteiger partial charge is 0.364 e. The van der Waals surface area contributed by atoms with Crippen molar-refractivity contribution in [3.05, 3.63) is 52.9 Å². The molecule has 140 valence electrons. The molecule has 1 saturated heterocycles. The van der Waals surface area contributed by atoms with Crippen molar-refractivity contribution in [2.24, 2.45) is 4.99 Å². The highest BCUT2D eigenvalue weighted by atomic mass is 35.5. The van der Waals surface area contributed by atoms with Crippen molar-refractivity contribution in [1.82, 2.24) is 20.3 Å². The van der Waals surface area contributed by atoms with Gasteiger partial charge in [-0.3, -0.25) is 9.89 Å². The summed E-state index contributed by atoms with van der Waals surface area (Å²) in [6, 6.07) is 9.99. The zero-order valence-corrected chi connectivity index (χ0v) is 16.0. The van der Waals surface area contributed by atoms with Crippen LogP contribution >= 0.6 is 11.6 Å². The zero-order valence-electron chi connectivity index (χ0n) is 15.2. The summed E-state index contributed by atoms with van der Waals surface area (Å²) >= 11 is 5.92. The van der Waals surface area contributed by atoms with E-state index >= 15 is 0 Å². The summed E-state index contributed by atoms with van der Waals surface area (Å²) in [5.41, 5.74) is 2.30. The summed E-state index contributed by atoms with van der Waals surface area (Å²) in [5, 5.41) is 8.26. The van der Waals surface area contributed by atoms with Crippen LogP contribution in [0.3, 0.4) is 0 Å². The predicted molar refractivity (Wildman–Crippen MR) is 104 cm³/mol. The molecule has 0 unspecified atom stereocenters. The first-order valence-electron chi connectivity index (χ1n) is 9.06. The molecule has 0 saturated carbocycles. The molecule has 1 aliphatic heterocycles. The van der Waals surface area contributed by atoms with Crippen molar-refractivity contribution in [2.75, 3.05) is 39.8 Å². The van der Waals surface area contributed by atoms with Gasteiger partial charge in [0.2, 0.25) is 0 Å². The number of halogens is 1. The van der Waals surface area contributed by atoms with Gasteiger partial charge in [0.25, 0.3) is 0 Å². The summed E-state index contributed by atoms with van der Waals surface area (Å²) in [6.45, 7) is 5.69. The van der Waals surface area contributed by atoms with E-state index in [2.05, 4.69) is 37.4 Å². The normalized spacial score (nSPS) is 16.1. The van der Waals surface area contributed by atoms with E-state index in [4.69, 9.17) is 16.1 Å². The minimum atomic E-state index is 0.787. The molecule has 2 heterocycles. The smallest absolute Gasteiger partial charge is 0.193 e. The average Bonchev–Trinajstić information content (AvgIpc) is 3.17. The van der Waals surface area contributed by atoms with Gasteiger partial charge < -0.3 is 14.7 Å². The number of guanidine groups is 1. The molecule has 1 aromatic heterocycles. The van der Waals surface area contributed by atoms with Crippen LogP contribution in [0, 0.1) is 0 Å². The van der Waals surface area contributed by atoms with E-state index in [9.17, 15) is 0 Å². The summed E-state index contributed by atoms with van der Waals surface area (Å²) in [4.78, 5) is 9.15. The molecule has 7 heteroatoms. The predicted octanol–water partition coefficient (Wildman–Crippen LogP) is 2.65. The topological polar surface area (TPSA) is 56.9 Å². The van der Waals surface area contributed by atoms with Gasteiger partial charge in [-0.15, -0.1) is 0 Å². The lowest BCUT2D eigenvalue weighted by atomic mass is 10.1. The Labute approximate surface area is 159 Å². The minimum absolute atomic E-state index is 0.787. The molecule has 0 bridgehead atoms. The maximum atomic E-state index is 5.92. The molecule has 1 N–H and O–H groups in total. The molecule has 2 aromatic rings. The molecule has 0 spiro atoms. The Morgan fingerprint density at radius 3 is 2.62 bits per heavy atom. The summed E-state index contributed by atoms with van der Waals surface area (Å²) < 4.78 is 4.90. The summed E-state index contributed by atoms with van der Waals surface area (Å²) in [7, 11) is 1.85. The van der Waals surface area contributed by atoms with Gasteiger partial charge in [-0.1, -0.05) is 28.9 Å². The van der Waals surface area contributed by atoms with E-state index in [-0.39, 0.29) is 0 Å². The van der Waals surface area contributed by atoms with Gasteiger partial charge in [-0.25, -0.2) is 0 Å². The highest BCUT2D eigenvalue weighted by Crippen LogP contribution is 2.11. The first-order valence-corrected chi connectivity index (χ1v) is 9.44. The number of hydrogen-bond acceptors (Lipinski definition) is 4. The van der Waals surface area contributed by atoms with Crippen LogP contribution in [0.1, 0.15) is 17.7 Å².